The second-order valence-electron chi connectivity index (χ2n) is 5.02. The van der Waals surface area contributed by atoms with E-state index in [9.17, 15) is 9.90 Å². The van der Waals surface area contributed by atoms with Crippen molar-refractivity contribution in [2.75, 3.05) is 0 Å². The lowest BCUT2D eigenvalue weighted by molar-refractivity contribution is -0.144. The van der Waals surface area contributed by atoms with E-state index in [1.54, 1.807) is 19.1 Å². The molecule has 1 aromatic rings. The topological polar surface area (TPSA) is 37.3 Å². The van der Waals surface area contributed by atoms with Crippen molar-refractivity contribution in [1.82, 2.24) is 0 Å². The van der Waals surface area contributed by atoms with Crippen LogP contribution in [0, 0.1) is 5.41 Å². The minimum atomic E-state index is -1.40. The number of aliphatic hydroxyl groups is 1. The first-order valence-corrected chi connectivity index (χ1v) is 5.09. The van der Waals surface area contributed by atoms with Crippen LogP contribution in [0.25, 0.3) is 0 Å². The Hall–Kier alpha value is -1.15. The fraction of sp³-hybridized carbons (Fsp3) is 0.462. The number of hydrogen-bond acceptors (Lipinski definition) is 2. The minimum absolute atomic E-state index is 0.166. The molecule has 0 aromatic heterocycles. The van der Waals surface area contributed by atoms with Crippen LogP contribution in [0.5, 0.6) is 0 Å². The van der Waals surface area contributed by atoms with Gasteiger partial charge in [0.2, 0.25) is 0 Å². The van der Waals surface area contributed by atoms with Gasteiger partial charge in [-0.1, -0.05) is 51.1 Å². The molecule has 82 valence electrons. The summed E-state index contributed by atoms with van der Waals surface area (Å²) in [5, 5.41) is 10.2. The number of ketones is 1. The molecule has 0 radical (unpaired) electrons. The predicted octanol–water partition coefficient (Wildman–Crippen LogP) is 2.51. The van der Waals surface area contributed by atoms with Gasteiger partial charge in [0.15, 0.2) is 5.78 Å². The van der Waals surface area contributed by atoms with Crippen LogP contribution in [0.1, 0.15) is 33.3 Å². The number of carbonyl (C=O) groups excluding carboxylic acids is 1. The van der Waals surface area contributed by atoms with Gasteiger partial charge in [0, 0.05) is 5.41 Å². The average Bonchev–Trinajstić information content (AvgIpc) is 2.16. The Morgan fingerprint density at radius 3 is 1.93 bits per heavy atom. The van der Waals surface area contributed by atoms with E-state index >= 15 is 0 Å². The fourth-order valence-corrected chi connectivity index (χ4v) is 1.62. The molecule has 2 nitrogen and oxygen atoms in total. The standard InChI is InChI=1S/C13H18O2/c1-12(2,3)11(14)13(4,15)10-8-6-5-7-9-10/h5-9,15H,1-4H3/t13-/m1/s1. The lowest BCUT2D eigenvalue weighted by atomic mass is 9.78. The molecule has 0 unspecified atom stereocenters. The number of carbonyl (C=O) groups is 1. The Bertz CT molecular complexity index is 345. The van der Waals surface area contributed by atoms with Gasteiger partial charge in [-0.15, -0.1) is 0 Å². The second-order valence-corrected chi connectivity index (χ2v) is 5.02. The molecular formula is C13H18O2. The zero-order valence-electron chi connectivity index (χ0n) is 9.74. The smallest absolute Gasteiger partial charge is 0.173 e. The molecule has 0 saturated heterocycles. The molecule has 0 saturated carbocycles. The third-order valence-corrected chi connectivity index (χ3v) is 2.46. The van der Waals surface area contributed by atoms with E-state index in [4.69, 9.17) is 0 Å². The normalized spacial score (nSPS) is 15.8. The monoisotopic (exact) mass is 206 g/mol. The first kappa shape index (κ1) is 11.9. The molecule has 1 N–H and O–H groups in total. The SMILES string of the molecule is CC(C)(C)C(=O)[C@](C)(O)c1ccccc1. The zero-order chi connectivity index (χ0) is 11.7. The summed E-state index contributed by atoms with van der Waals surface area (Å²) in [4.78, 5) is 12.0. The van der Waals surface area contributed by atoms with E-state index in [0.29, 0.717) is 5.56 Å². The van der Waals surface area contributed by atoms with Gasteiger partial charge >= 0.3 is 0 Å². The summed E-state index contributed by atoms with van der Waals surface area (Å²) in [6, 6.07) is 9.04. The molecule has 0 aliphatic heterocycles. The van der Waals surface area contributed by atoms with Gasteiger partial charge in [-0.3, -0.25) is 4.79 Å². The average molecular weight is 206 g/mol. The minimum Gasteiger partial charge on any atom is -0.378 e. The molecule has 15 heavy (non-hydrogen) atoms. The summed E-state index contributed by atoms with van der Waals surface area (Å²) >= 11 is 0. The van der Waals surface area contributed by atoms with E-state index in [1.807, 2.05) is 39.0 Å². The maximum absolute atomic E-state index is 12.0. The lowest BCUT2D eigenvalue weighted by Gasteiger charge is -2.29. The highest BCUT2D eigenvalue weighted by Crippen LogP contribution is 2.30. The summed E-state index contributed by atoms with van der Waals surface area (Å²) < 4.78 is 0. The van der Waals surface area contributed by atoms with Gasteiger partial charge in [0.25, 0.3) is 0 Å². The Morgan fingerprint density at radius 2 is 1.53 bits per heavy atom. The zero-order valence-corrected chi connectivity index (χ0v) is 9.74. The molecule has 0 fully saturated rings. The first-order chi connectivity index (χ1) is 6.76. The van der Waals surface area contributed by atoms with Gasteiger partial charge < -0.3 is 5.11 Å². The van der Waals surface area contributed by atoms with E-state index in [-0.39, 0.29) is 5.78 Å². The van der Waals surface area contributed by atoms with Crippen LogP contribution < -0.4 is 0 Å². The Labute approximate surface area is 90.9 Å². The molecule has 0 aliphatic rings. The quantitative estimate of drug-likeness (QED) is 0.807. The highest BCUT2D eigenvalue weighted by Gasteiger charge is 2.39. The van der Waals surface area contributed by atoms with Gasteiger partial charge in [-0.25, -0.2) is 0 Å². The predicted molar refractivity (Wildman–Crippen MR) is 60.5 cm³/mol. The largest absolute Gasteiger partial charge is 0.378 e. The van der Waals surface area contributed by atoms with E-state index in [0.717, 1.165) is 0 Å². The molecule has 1 aromatic carbocycles. The summed E-state index contributed by atoms with van der Waals surface area (Å²) in [7, 11) is 0. The van der Waals surface area contributed by atoms with Crippen LogP contribution >= 0.6 is 0 Å². The van der Waals surface area contributed by atoms with Crippen molar-refractivity contribution in [3.63, 3.8) is 0 Å². The molecule has 0 bridgehead atoms. The van der Waals surface area contributed by atoms with Gasteiger partial charge in [0.1, 0.15) is 5.60 Å². The van der Waals surface area contributed by atoms with Crippen LogP contribution in [0.3, 0.4) is 0 Å². The van der Waals surface area contributed by atoms with Crippen LogP contribution in [0.15, 0.2) is 30.3 Å². The second kappa shape index (κ2) is 3.78. The van der Waals surface area contributed by atoms with Crippen LogP contribution in [0.4, 0.5) is 0 Å². The number of Topliss-reactive ketones (excluding diaryl/α,β-unsaturated/α-hetero) is 1. The molecule has 0 amide bonds. The molecule has 1 atom stereocenters. The van der Waals surface area contributed by atoms with Crippen molar-refractivity contribution in [1.29, 1.82) is 0 Å². The van der Waals surface area contributed by atoms with Crippen LogP contribution in [-0.4, -0.2) is 10.9 Å². The highest BCUT2D eigenvalue weighted by molar-refractivity contribution is 5.92. The van der Waals surface area contributed by atoms with Crippen molar-refractivity contribution in [2.45, 2.75) is 33.3 Å². The van der Waals surface area contributed by atoms with Gasteiger partial charge in [-0.2, -0.15) is 0 Å². The fourth-order valence-electron chi connectivity index (χ4n) is 1.62. The Morgan fingerprint density at radius 1 is 1.07 bits per heavy atom. The van der Waals surface area contributed by atoms with Crippen LogP contribution in [-0.2, 0) is 10.4 Å². The Kier molecular flexibility index (Phi) is 3.00. The number of rotatable bonds is 2. The molecule has 2 heteroatoms. The van der Waals surface area contributed by atoms with E-state index in [1.165, 1.54) is 0 Å². The third kappa shape index (κ3) is 2.45. The summed E-state index contributed by atoms with van der Waals surface area (Å²) in [6.45, 7) is 6.99. The third-order valence-electron chi connectivity index (χ3n) is 2.46. The number of hydrogen-bond donors (Lipinski definition) is 1. The maximum Gasteiger partial charge on any atom is 0.173 e. The molecule has 0 heterocycles. The van der Waals surface area contributed by atoms with Crippen molar-refractivity contribution in [2.24, 2.45) is 5.41 Å². The summed E-state index contributed by atoms with van der Waals surface area (Å²) in [6.07, 6.45) is 0. The first-order valence-electron chi connectivity index (χ1n) is 5.09. The highest BCUT2D eigenvalue weighted by atomic mass is 16.3. The molecular weight excluding hydrogens is 188 g/mol. The van der Waals surface area contributed by atoms with E-state index < -0.39 is 11.0 Å². The van der Waals surface area contributed by atoms with Crippen molar-refractivity contribution in [3.05, 3.63) is 35.9 Å². The summed E-state index contributed by atoms with van der Waals surface area (Å²) in [5.41, 5.74) is -1.30. The molecule has 0 spiro atoms. The lowest BCUT2D eigenvalue weighted by Crippen LogP contribution is -2.40. The summed E-state index contributed by atoms with van der Waals surface area (Å²) in [5.74, 6) is -0.166. The molecule has 1 rings (SSSR count). The van der Waals surface area contributed by atoms with Crippen molar-refractivity contribution >= 4 is 5.78 Å². The Balaban J connectivity index is 3.09. The van der Waals surface area contributed by atoms with Crippen molar-refractivity contribution in [3.8, 4) is 0 Å². The molecule has 0 aliphatic carbocycles. The number of benzene rings is 1. The van der Waals surface area contributed by atoms with Crippen molar-refractivity contribution < 1.29 is 9.90 Å². The van der Waals surface area contributed by atoms with Gasteiger partial charge in [0.05, 0.1) is 0 Å². The van der Waals surface area contributed by atoms with Gasteiger partial charge in [-0.05, 0) is 12.5 Å². The van der Waals surface area contributed by atoms with E-state index in [2.05, 4.69) is 0 Å². The maximum atomic E-state index is 12.0. The van der Waals surface area contributed by atoms with Crippen LogP contribution in [0.2, 0.25) is 0 Å².